The van der Waals surface area contributed by atoms with Crippen LogP contribution in [0.2, 0.25) is 0 Å². The molecular formula is C16H19FN2. The summed E-state index contributed by atoms with van der Waals surface area (Å²) < 4.78 is 13.5. The van der Waals surface area contributed by atoms with Crippen molar-refractivity contribution in [3.05, 3.63) is 65.0 Å². The fourth-order valence-electron chi connectivity index (χ4n) is 2.28. The molecule has 0 radical (unpaired) electrons. The number of hydrogen-bond donors (Lipinski definition) is 1. The number of nitrogens with zero attached hydrogens (tertiary/aromatic N) is 1. The van der Waals surface area contributed by atoms with Crippen molar-refractivity contribution in [3.8, 4) is 0 Å². The maximum Gasteiger partial charge on any atom is 0.123 e. The molecule has 2 aromatic rings. The van der Waals surface area contributed by atoms with E-state index >= 15 is 0 Å². The second-order valence-electron chi connectivity index (χ2n) is 4.81. The van der Waals surface area contributed by atoms with Gasteiger partial charge in [-0.25, -0.2) is 4.39 Å². The second kappa shape index (κ2) is 5.85. The summed E-state index contributed by atoms with van der Waals surface area (Å²) in [7, 11) is 2.01. The van der Waals surface area contributed by atoms with Crippen molar-refractivity contribution in [1.82, 2.24) is 0 Å². The van der Waals surface area contributed by atoms with Crippen molar-refractivity contribution in [1.29, 1.82) is 0 Å². The summed E-state index contributed by atoms with van der Waals surface area (Å²) in [4.78, 5) is 2.12. The molecule has 0 aliphatic rings. The van der Waals surface area contributed by atoms with Gasteiger partial charge in [-0.2, -0.15) is 0 Å². The first kappa shape index (κ1) is 13.6. The van der Waals surface area contributed by atoms with Crippen LogP contribution in [0, 0.1) is 12.7 Å². The Bertz CT molecular complexity index is 566. The molecule has 2 N–H and O–H groups in total. The molecular weight excluding hydrogens is 239 g/mol. The standard InChI is InChI=1S/C16H19FN2/c1-12-5-3-4-6-16(12)19(2)11-14-7-13(10-18)8-15(17)9-14/h3-9H,10-11,18H2,1-2H3. The third kappa shape index (κ3) is 3.32. The highest BCUT2D eigenvalue weighted by atomic mass is 19.1. The Hall–Kier alpha value is -1.87. The number of anilines is 1. The molecule has 0 spiro atoms. The molecule has 0 atom stereocenters. The first-order valence-corrected chi connectivity index (χ1v) is 6.35. The summed E-state index contributed by atoms with van der Waals surface area (Å²) >= 11 is 0. The zero-order valence-electron chi connectivity index (χ0n) is 11.4. The van der Waals surface area contributed by atoms with Gasteiger partial charge in [-0.3, -0.25) is 0 Å². The van der Waals surface area contributed by atoms with E-state index in [1.54, 1.807) is 6.07 Å². The van der Waals surface area contributed by atoms with E-state index in [1.165, 1.54) is 11.6 Å². The lowest BCUT2D eigenvalue weighted by Crippen LogP contribution is -2.17. The normalized spacial score (nSPS) is 10.5. The minimum Gasteiger partial charge on any atom is -0.370 e. The maximum atomic E-state index is 13.5. The molecule has 0 aliphatic carbocycles. The predicted molar refractivity (Wildman–Crippen MR) is 77.6 cm³/mol. The molecule has 0 amide bonds. The average molecular weight is 258 g/mol. The molecule has 3 heteroatoms. The Balaban J connectivity index is 2.21. The first-order chi connectivity index (χ1) is 9.10. The van der Waals surface area contributed by atoms with Gasteiger partial charge in [0.15, 0.2) is 0 Å². The number of hydrogen-bond acceptors (Lipinski definition) is 2. The van der Waals surface area contributed by atoms with Gasteiger partial charge in [0.25, 0.3) is 0 Å². The summed E-state index contributed by atoms with van der Waals surface area (Å²) in [6, 6.07) is 13.2. The van der Waals surface area contributed by atoms with E-state index in [1.807, 2.05) is 25.2 Å². The van der Waals surface area contributed by atoms with Gasteiger partial charge < -0.3 is 10.6 Å². The molecule has 100 valence electrons. The van der Waals surface area contributed by atoms with Crippen molar-refractivity contribution in [2.45, 2.75) is 20.0 Å². The van der Waals surface area contributed by atoms with Gasteiger partial charge in [0.05, 0.1) is 0 Å². The zero-order chi connectivity index (χ0) is 13.8. The Labute approximate surface area is 113 Å². The van der Waals surface area contributed by atoms with Gasteiger partial charge in [-0.15, -0.1) is 0 Å². The quantitative estimate of drug-likeness (QED) is 0.912. The van der Waals surface area contributed by atoms with Crippen LogP contribution < -0.4 is 10.6 Å². The van der Waals surface area contributed by atoms with Crippen molar-refractivity contribution in [3.63, 3.8) is 0 Å². The molecule has 0 aliphatic heterocycles. The van der Waals surface area contributed by atoms with E-state index in [0.29, 0.717) is 13.1 Å². The molecule has 0 saturated heterocycles. The minimum atomic E-state index is -0.226. The van der Waals surface area contributed by atoms with Gasteiger partial charge in [0.1, 0.15) is 5.82 Å². The SMILES string of the molecule is Cc1ccccc1N(C)Cc1cc(F)cc(CN)c1. The van der Waals surface area contributed by atoms with E-state index in [2.05, 4.69) is 24.0 Å². The monoisotopic (exact) mass is 258 g/mol. The van der Waals surface area contributed by atoms with Crippen LogP contribution in [0.25, 0.3) is 0 Å². The molecule has 2 nitrogen and oxygen atoms in total. The summed E-state index contributed by atoms with van der Waals surface area (Å²) in [5.74, 6) is -0.226. The second-order valence-corrected chi connectivity index (χ2v) is 4.81. The number of halogens is 1. The van der Waals surface area contributed by atoms with Crippen molar-refractivity contribution in [2.75, 3.05) is 11.9 Å². The molecule has 0 saturated carbocycles. The molecule has 0 heterocycles. The fourth-order valence-corrected chi connectivity index (χ4v) is 2.28. The summed E-state index contributed by atoms with van der Waals surface area (Å²) in [5.41, 5.74) is 9.70. The molecule has 0 aromatic heterocycles. The molecule has 0 fully saturated rings. The first-order valence-electron chi connectivity index (χ1n) is 6.35. The van der Waals surface area contributed by atoms with E-state index < -0.39 is 0 Å². The highest BCUT2D eigenvalue weighted by Gasteiger charge is 2.06. The Morgan fingerprint density at radius 1 is 1.11 bits per heavy atom. The number of rotatable bonds is 4. The van der Waals surface area contributed by atoms with E-state index in [-0.39, 0.29) is 5.82 Å². The summed E-state index contributed by atoms with van der Waals surface area (Å²) in [5, 5.41) is 0. The van der Waals surface area contributed by atoms with E-state index in [0.717, 1.165) is 16.8 Å². The van der Waals surface area contributed by atoms with Crippen LogP contribution in [0.5, 0.6) is 0 Å². The van der Waals surface area contributed by atoms with Crippen molar-refractivity contribution < 1.29 is 4.39 Å². The lowest BCUT2D eigenvalue weighted by Gasteiger charge is -2.21. The molecule has 19 heavy (non-hydrogen) atoms. The van der Waals surface area contributed by atoms with Crippen LogP contribution in [-0.4, -0.2) is 7.05 Å². The van der Waals surface area contributed by atoms with Crippen LogP contribution >= 0.6 is 0 Å². The zero-order valence-corrected chi connectivity index (χ0v) is 11.4. The van der Waals surface area contributed by atoms with Crippen LogP contribution in [-0.2, 0) is 13.1 Å². The number of benzene rings is 2. The lowest BCUT2D eigenvalue weighted by atomic mass is 10.1. The third-order valence-electron chi connectivity index (χ3n) is 3.20. The number of aryl methyl sites for hydroxylation is 1. The van der Waals surface area contributed by atoms with Gasteiger partial charge in [0.2, 0.25) is 0 Å². The molecule has 2 aromatic carbocycles. The Kier molecular flexibility index (Phi) is 4.17. The highest BCUT2D eigenvalue weighted by molar-refractivity contribution is 5.52. The lowest BCUT2D eigenvalue weighted by molar-refractivity contribution is 0.622. The number of para-hydroxylation sites is 1. The van der Waals surface area contributed by atoms with Gasteiger partial charge in [-0.1, -0.05) is 24.3 Å². The fraction of sp³-hybridized carbons (Fsp3) is 0.250. The average Bonchev–Trinajstić information content (AvgIpc) is 2.38. The molecule has 0 bridgehead atoms. The van der Waals surface area contributed by atoms with Crippen LogP contribution in [0.4, 0.5) is 10.1 Å². The van der Waals surface area contributed by atoms with Crippen molar-refractivity contribution in [2.24, 2.45) is 5.73 Å². The maximum absolute atomic E-state index is 13.5. The Morgan fingerprint density at radius 3 is 2.47 bits per heavy atom. The molecule has 0 unspecified atom stereocenters. The van der Waals surface area contributed by atoms with Crippen LogP contribution in [0.3, 0.4) is 0 Å². The van der Waals surface area contributed by atoms with Crippen LogP contribution in [0.1, 0.15) is 16.7 Å². The topological polar surface area (TPSA) is 29.3 Å². The minimum absolute atomic E-state index is 0.226. The molecule has 2 rings (SSSR count). The Morgan fingerprint density at radius 2 is 1.79 bits per heavy atom. The predicted octanol–water partition coefficient (Wildman–Crippen LogP) is 3.23. The summed E-state index contributed by atoms with van der Waals surface area (Å²) in [6.07, 6.45) is 0. The van der Waals surface area contributed by atoms with Crippen LogP contribution in [0.15, 0.2) is 42.5 Å². The van der Waals surface area contributed by atoms with E-state index in [9.17, 15) is 4.39 Å². The largest absolute Gasteiger partial charge is 0.370 e. The third-order valence-corrected chi connectivity index (χ3v) is 3.20. The number of nitrogens with two attached hydrogens (primary N) is 1. The van der Waals surface area contributed by atoms with Crippen molar-refractivity contribution >= 4 is 5.69 Å². The summed E-state index contributed by atoms with van der Waals surface area (Å²) in [6.45, 7) is 3.09. The van der Waals surface area contributed by atoms with Gasteiger partial charge in [0, 0.05) is 25.8 Å². The van der Waals surface area contributed by atoms with E-state index in [4.69, 9.17) is 5.73 Å². The smallest absolute Gasteiger partial charge is 0.123 e. The van der Waals surface area contributed by atoms with Gasteiger partial charge >= 0.3 is 0 Å². The highest BCUT2D eigenvalue weighted by Crippen LogP contribution is 2.20. The van der Waals surface area contributed by atoms with Gasteiger partial charge in [-0.05, 0) is 41.8 Å².